The second-order valence-corrected chi connectivity index (χ2v) is 7.88. The van der Waals surface area contributed by atoms with E-state index < -0.39 is 0 Å². The highest BCUT2D eigenvalue weighted by atomic mass is 32.1. The molecule has 3 heterocycles. The van der Waals surface area contributed by atoms with Crippen LogP contribution in [0.2, 0.25) is 0 Å². The Bertz CT molecular complexity index is 1090. The van der Waals surface area contributed by atoms with Gasteiger partial charge in [-0.3, -0.25) is 9.59 Å². The highest BCUT2D eigenvalue weighted by Crippen LogP contribution is 2.33. The Morgan fingerprint density at radius 1 is 1.20 bits per heavy atom. The van der Waals surface area contributed by atoms with Gasteiger partial charge < -0.3 is 19.4 Å². The molecule has 3 aromatic rings. The Hall–Kier alpha value is -3.13. The number of ether oxygens (including phenoxy) is 2. The normalized spacial score (nSPS) is 16.3. The van der Waals surface area contributed by atoms with Gasteiger partial charge in [0.1, 0.15) is 17.3 Å². The van der Waals surface area contributed by atoms with Gasteiger partial charge in [0.2, 0.25) is 0 Å². The standard InChI is InChI=1S/C22H23N3O4S/c1-28-15-6-7-16(19(11-15)29-2)22(27)25-9-4-3-5-18(25)21-23-17(12-20(26)24-21)14-8-10-30-13-14/h6-8,10-13,18H,3-5,9H2,1-2H3,(H,23,24,26). The lowest BCUT2D eigenvalue weighted by atomic mass is 9.99. The number of hydrogen-bond acceptors (Lipinski definition) is 6. The molecule has 2 aromatic heterocycles. The Morgan fingerprint density at radius 3 is 2.80 bits per heavy atom. The van der Waals surface area contributed by atoms with Gasteiger partial charge in [0.25, 0.3) is 11.5 Å². The minimum Gasteiger partial charge on any atom is -0.497 e. The molecule has 4 rings (SSSR count). The van der Waals surface area contributed by atoms with Crippen LogP contribution >= 0.6 is 11.3 Å². The molecule has 1 saturated heterocycles. The molecule has 1 aliphatic rings. The van der Waals surface area contributed by atoms with E-state index in [4.69, 9.17) is 14.5 Å². The van der Waals surface area contributed by atoms with Crippen molar-refractivity contribution in [1.82, 2.24) is 14.9 Å². The van der Waals surface area contributed by atoms with Crippen LogP contribution in [0.5, 0.6) is 11.5 Å². The van der Waals surface area contributed by atoms with Crippen molar-refractivity contribution in [3.8, 4) is 22.8 Å². The quantitative estimate of drug-likeness (QED) is 0.671. The van der Waals surface area contributed by atoms with Crippen LogP contribution in [0, 0.1) is 0 Å². The first-order chi connectivity index (χ1) is 14.6. The van der Waals surface area contributed by atoms with Crippen LogP contribution in [0.3, 0.4) is 0 Å². The number of benzene rings is 1. The molecule has 0 radical (unpaired) electrons. The van der Waals surface area contributed by atoms with Crippen molar-refractivity contribution in [2.45, 2.75) is 25.3 Å². The molecule has 0 bridgehead atoms. The summed E-state index contributed by atoms with van der Waals surface area (Å²) in [5, 5.41) is 3.90. The summed E-state index contributed by atoms with van der Waals surface area (Å²) < 4.78 is 10.7. The number of carbonyl (C=O) groups is 1. The fraction of sp³-hybridized carbons (Fsp3) is 0.318. The van der Waals surface area contributed by atoms with Gasteiger partial charge in [-0.05, 0) is 42.8 Å². The molecule has 0 spiro atoms. The molecule has 1 unspecified atom stereocenters. The maximum atomic E-state index is 13.4. The fourth-order valence-corrected chi connectivity index (χ4v) is 4.43. The number of H-pyrrole nitrogens is 1. The van der Waals surface area contributed by atoms with Crippen LogP contribution in [0.1, 0.15) is 41.5 Å². The Morgan fingerprint density at radius 2 is 2.07 bits per heavy atom. The minimum absolute atomic E-state index is 0.150. The predicted octanol–water partition coefficient (Wildman–Crippen LogP) is 3.88. The summed E-state index contributed by atoms with van der Waals surface area (Å²) in [4.78, 5) is 35.1. The fourth-order valence-electron chi connectivity index (χ4n) is 3.78. The molecule has 1 amide bonds. The van der Waals surface area contributed by atoms with Crippen LogP contribution in [0.25, 0.3) is 11.3 Å². The lowest BCUT2D eigenvalue weighted by molar-refractivity contribution is 0.0596. The zero-order valence-electron chi connectivity index (χ0n) is 16.9. The van der Waals surface area contributed by atoms with E-state index in [1.807, 2.05) is 16.8 Å². The van der Waals surface area contributed by atoms with E-state index in [9.17, 15) is 9.59 Å². The first-order valence-corrected chi connectivity index (χ1v) is 10.7. The molecule has 1 aromatic carbocycles. The molecular formula is C22H23N3O4S. The van der Waals surface area contributed by atoms with Gasteiger partial charge in [-0.2, -0.15) is 11.3 Å². The van der Waals surface area contributed by atoms with Crippen molar-refractivity contribution in [3.05, 3.63) is 62.8 Å². The zero-order valence-corrected chi connectivity index (χ0v) is 17.7. The molecule has 30 heavy (non-hydrogen) atoms. The van der Waals surface area contributed by atoms with Crippen molar-refractivity contribution in [2.24, 2.45) is 0 Å². The Kier molecular flexibility index (Phi) is 5.85. The zero-order chi connectivity index (χ0) is 21.1. The predicted molar refractivity (Wildman–Crippen MR) is 115 cm³/mol. The molecule has 156 valence electrons. The van der Waals surface area contributed by atoms with Gasteiger partial charge in [-0.25, -0.2) is 4.98 Å². The van der Waals surface area contributed by atoms with Crippen LogP contribution in [-0.2, 0) is 0 Å². The molecule has 7 nitrogen and oxygen atoms in total. The van der Waals surface area contributed by atoms with Gasteiger partial charge in [-0.15, -0.1) is 0 Å². The third-order valence-electron chi connectivity index (χ3n) is 5.30. The van der Waals surface area contributed by atoms with Crippen LogP contribution in [-0.4, -0.2) is 41.5 Å². The summed E-state index contributed by atoms with van der Waals surface area (Å²) >= 11 is 1.55. The highest BCUT2D eigenvalue weighted by molar-refractivity contribution is 7.08. The van der Waals surface area contributed by atoms with E-state index in [2.05, 4.69) is 4.98 Å². The summed E-state index contributed by atoms with van der Waals surface area (Å²) in [6, 6.07) is 8.28. The van der Waals surface area contributed by atoms with Crippen molar-refractivity contribution in [3.63, 3.8) is 0 Å². The third-order valence-corrected chi connectivity index (χ3v) is 5.98. The van der Waals surface area contributed by atoms with Gasteiger partial charge in [0.15, 0.2) is 0 Å². The number of piperidine rings is 1. The highest BCUT2D eigenvalue weighted by Gasteiger charge is 2.32. The summed E-state index contributed by atoms with van der Waals surface area (Å²) in [5.41, 5.74) is 1.76. The number of aromatic amines is 1. The largest absolute Gasteiger partial charge is 0.497 e. The van der Waals surface area contributed by atoms with E-state index in [1.54, 1.807) is 41.5 Å². The van der Waals surface area contributed by atoms with Crippen molar-refractivity contribution < 1.29 is 14.3 Å². The number of methoxy groups -OCH3 is 2. The van der Waals surface area contributed by atoms with E-state index in [1.165, 1.54) is 13.2 Å². The van der Waals surface area contributed by atoms with Gasteiger partial charge in [0, 0.05) is 29.6 Å². The Balaban J connectivity index is 1.71. The summed E-state index contributed by atoms with van der Waals surface area (Å²) in [6.07, 6.45) is 2.59. The lowest BCUT2D eigenvalue weighted by Crippen LogP contribution is -2.40. The Labute approximate surface area is 178 Å². The van der Waals surface area contributed by atoms with E-state index in [-0.39, 0.29) is 17.5 Å². The topological polar surface area (TPSA) is 84.5 Å². The van der Waals surface area contributed by atoms with E-state index in [0.717, 1.165) is 24.8 Å². The van der Waals surface area contributed by atoms with Crippen LogP contribution in [0.4, 0.5) is 0 Å². The average Bonchev–Trinajstić information content (AvgIpc) is 3.33. The molecular weight excluding hydrogens is 402 g/mol. The van der Waals surface area contributed by atoms with Crippen LogP contribution in [0.15, 0.2) is 45.9 Å². The number of hydrogen-bond donors (Lipinski definition) is 1. The van der Waals surface area contributed by atoms with E-state index in [0.29, 0.717) is 35.1 Å². The number of likely N-dealkylation sites (tertiary alicyclic amines) is 1. The maximum absolute atomic E-state index is 13.4. The maximum Gasteiger partial charge on any atom is 0.258 e. The number of thiophene rings is 1. The van der Waals surface area contributed by atoms with Crippen molar-refractivity contribution >= 4 is 17.2 Å². The monoisotopic (exact) mass is 425 g/mol. The molecule has 0 saturated carbocycles. The second kappa shape index (κ2) is 8.71. The number of rotatable bonds is 5. The van der Waals surface area contributed by atoms with Crippen LogP contribution < -0.4 is 15.0 Å². The number of nitrogens with one attached hydrogen (secondary N) is 1. The smallest absolute Gasteiger partial charge is 0.258 e. The molecule has 1 fully saturated rings. The molecule has 8 heteroatoms. The summed E-state index contributed by atoms with van der Waals surface area (Å²) in [5.74, 6) is 1.44. The lowest BCUT2D eigenvalue weighted by Gasteiger charge is -2.35. The number of carbonyl (C=O) groups excluding carboxylic acids is 1. The first-order valence-electron chi connectivity index (χ1n) is 9.77. The van der Waals surface area contributed by atoms with Gasteiger partial charge in [-0.1, -0.05) is 0 Å². The molecule has 1 atom stereocenters. The summed E-state index contributed by atoms with van der Waals surface area (Å²) in [7, 11) is 3.10. The second-order valence-electron chi connectivity index (χ2n) is 7.10. The average molecular weight is 426 g/mol. The number of amides is 1. The first kappa shape index (κ1) is 20.2. The third kappa shape index (κ3) is 3.95. The van der Waals surface area contributed by atoms with E-state index >= 15 is 0 Å². The number of aromatic nitrogens is 2. The SMILES string of the molecule is COc1ccc(C(=O)N2CCCCC2c2nc(-c3ccsc3)cc(=O)[nH]2)c(OC)c1. The van der Waals surface area contributed by atoms with Crippen molar-refractivity contribution in [1.29, 1.82) is 0 Å². The molecule has 0 aliphatic carbocycles. The molecule has 1 N–H and O–H groups in total. The minimum atomic E-state index is -0.302. The van der Waals surface area contributed by atoms with Gasteiger partial charge in [0.05, 0.1) is 31.5 Å². The van der Waals surface area contributed by atoms with Crippen molar-refractivity contribution in [2.75, 3.05) is 20.8 Å². The number of nitrogens with zero attached hydrogens (tertiary/aromatic N) is 2. The van der Waals surface area contributed by atoms with Gasteiger partial charge >= 0.3 is 0 Å². The summed E-state index contributed by atoms with van der Waals surface area (Å²) in [6.45, 7) is 0.588. The molecule has 1 aliphatic heterocycles.